The fourth-order valence-corrected chi connectivity index (χ4v) is 2.22. The average Bonchev–Trinajstić information content (AvgIpc) is 2.26. The molecule has 0 bridgehead atoms. The Kier molecular flexibility index (Phi) is 5.48. The number of hydrogen-bond acceptors (Lipinski definition) is 1. The molecule has 19 heavy (non-hydrogen) atoms. The lowest BCUT2D eigenvalue weighted by molar-refractivity contribution is 0.0165. The van der Waals surface area contributed by atoms with Crippen LogP contribution >= 0.6 is 0 Å². The van der Waals surface area contributed by atoms with E-state index < -0.39 is 5.92 Å². The van der Waals surface area contributed by atoms with Crippen LogP contribution < -0.4 is 5.73 Å². The van der Waals surface area contributed by atoms with Crippen molar-refractivity contribution in [1.29, 1.82) is 0 Å². The summed E-state index contributed by atoms with van der Waals surface area (Å²) < 4.78 is 27.2. The largest absolute Gasteiger partial charge is 0.328 e. The molecular weight excluding hydrogens is 244 g/mol. The topological polar surface area (TPSA) is 26.0 Å². The minimum Gasteiger partial charge on any atom is -0.328 e. The van der Waals surface area contributed by atoms with E-state index in [9.17, 15) is 8.78 Å². The number of benzene rings is 1. The Morgan fingerprint density at radius 3 is 2.32 bits per heavy atom. The quantitative estimate of drug-likeness (QED) is 0.803. The van der Waals surface area contributed by atoms with Crippen molar-refractivity contribution in [3.05, 3.63) is 34.9 Å². The van der Waals surface area contributed by atoms with Gasteiger partial charge in [0.05, 0.1) is 0 Å². The van der Waals surface area contributed by atoms with Crippen molar-refractivity contribution in [2.75, 3.05) is 0 Å². The van der Waals surface area contributed by atoms with Crippen LogP contribution in [0.15, 0.2) is 18.2 Å². The van der Waals surface area contributed by atoms with Gasteiger partial charge in [0.15, 0.2) is 0 Å². The molecule has 2 N–H and O–H groups in total. The lowest BCUT2D eigenvalue weighted by Crippen LogP contribution is -2.15. The maximum absolute atomic E-state index is 13.6. The van der Waals surface area contributed by atoms with Crippen molar-refractivity contribution < 1.29 is 8.78 Å². The highest BCUT2D eigenvalue weighted by molar-refractivity contribution is 5.36. The van der Waals surface area contributed by atoms with E-state index in [1.807, 2.05) is 19.1 Å². The van der Waals surface area contributed by atoms with Gasteiger partial charge in [-0.05, 0) is 43.2 Å². The first-order chi connectivity index (χ1) is 8.71. The number of alkyl halides is 2. The molecule has 0 aliphatic rings. The van der Waals surface area contributed by atoms with E-state index in [4.69, 9.17) is 5.73 Å². The Hall–Kier alpha value is -0.960. The first-order valence-electron chi connectivity index (χ1n) is 6.98. The molecule has 1 aromatic rings. The molecule has 1 rings (SSSR count). The summed E-state index contributed by atoms with van der Waals surface area (Å²) in [6.45, 7) is 7.06. The van der Waals surface area contributed by atoms with Crippen molar-refractivity contribution in [1.82, 2.24) is 0 Å². The molecule has 1 aromatic carbocycles. The van der Waals surface area contributed by atoms with Gasteiger partial charge in [0, 0.05) is 18.5 Å². The first kappa shape index (κ1) is 16.1. The fourth-order valence-electron chi connectivity index (χ4n) is 2.22. The van der Waals surface area contributed by atoms with E-state index in [2.05, 4.69) is 13.8 Å². The summed E-state index contributed by atoms with van der Waals surface area (Å²) in [5, 5.41) is 0. The van der Waals surface area contributed by atoms with Crippen molar-refractivity contribution >= 4 is 0 Å². The predicted molar refractivity (Wildman–Crippen MR) is 76.7 cm³/mol. The smallest absolute Gasteiger partial charge is 0.270 e. The van der Waals surface area contributed by atoms with Crippen LogP contribution in [0.1, 0.15) is 63.1 Å². The molecule has 0 heterocycles. The maximum Gasteiger partial charge on any atom is 0.270 e. The lowest BCUT2D eigenvalue weighted by Gasteiger charge is -2.18. The van der Waals surface area contributed by atoms with Crippen molar-refractivity contribution in [2.24, 2.45) is 5.73 Å². The zero-order chi connectivity index (χ0) is 14.6. The van der Waals surface area contributed by atoms with Gasteiger partial charge in [-0.1, -0.05) is 32.0 Å². The molecule has 108 valence electrons. The Balaban J connectivity index is 2.98. The summed E-state index contributed by atoms with van der Waals surface area (Å²) in [4.78, 5) is 0. The number of rotatable bonds is 6. The van der Waals surface area contributed by atoms with E-state index in [1.54, 1.807) is 6.07 Å². The fraction of sp³-hybridized carbons (Fsp3) is 0.625. The number of halogens is 2. The average molecular weight is 269 g/mol. The van der Waals surface area contributed by atoms with Gasteiger partial charge in [0.2, 0.25) is 0 Å². The van der Waals surface area contributed by atoms with Gasteiger partial charge in [0.1, 0.15) is 0 Å². The van der Waals surface area contributed by atoms with Crippen LogP contribution in [-0.2, 0) is 12.3 Å². The zero-order valence-electron chi connectivity index (χ0n) is 12.3. The molecule has 0 fully saturated rings. The van der Waals surface area contributed by atoms with Crippen molar-refractivity contribution in [3.63, 3.8) is 0 Å². The SMILES string of the molecule is CC(C)c1ccc(C(C)(F)F)c(CCC[C@H](C)N)c1. The molecule has 0 saturated heterocycles. The summed E-state index contributed by atoms with van der Waals surface area (Å²) in [5.74, 6) is -2.43. The highest BCUT2D eigenvalue weighted by Gasteiger charge is 2.27. The Morgan fingerprint density at radius 2 is 1.84 bits per heavy atom. The van der Waals surface area contributed by atoms with E-state index in [-0.39, 0.29) is 11.6 Å². The summed E-state index contributed by atoms with van der Waals surface area (Å²) in [7, 11) is 0. The third-order valence-electron chi connectivity index (χ3n) is 3.37. The van der Waals surface area contributed by atoms with Gasteiger partial charge >= 0.3 is 0 Å². The minimum atomic E-state index is -2.78. The molecule has 0 saturated carbocycles. The van der Waals surface area contributed by atoms with E-state index in [0.717, 1.165) is 30.9 Å². The molecule has 0 unspecified atom stereocenters. The second kappa shape index (κ2) is 6.47. The zero-order valence-corrected chi connectivity index (χ0v) is 12.3. The van der Waals surface area contributed by atoms with Gasteiger partial charge in [-0.2, -0.15) is 0 Å². The minimum absolute atomic E-state index is 0.124. The third-order valence-corrected chi connectivity index (χ3v) is 3.37. The first-order valence-corrected chi connectivity index (χ1v) is 6.98. The Morgan fingerprint density at radius 1 is 1.21 bits per heavy atom. The molecule has 0 amide bonds. The van der Waals surface area contributed by atoms with Crippen LogP contribution in [0.4, 0.5) is 8.78 Å². The van der Waals surface area contributed by atoms with E-state index in [1.165, 1.54) is 0 Å². The van der Waals surface area contributed by atoms with Gasteiger partial charge in [-0.15, -0.1) is 0 Å². The molecule has 1 atom stereocenters. The van der Waals surface area contributed by atoms with Crippen molar-refractivity contribution in [2.45, 2.75) is 64.8 Å². The van der Waals surface area contributed by atoms with Gasteiger partial charge < -0.3 is 5.73 Å². The highest BCUT2D eigenvalue weighted by atomic mass is 19.3. The molecule has 0 aromatic heterocycles. The predicted octanol–water partition coefficient (Wildman–Crippen LogP) is 4.59. The van der Waals surface area contributed by atoms with Crippen LogP contribution in [0.3, 0.4) is 0 Å². The standard InChI is InChI=1S/C16H25F2N/c1-11(2)13-8-9-15(16(4,17)18)14(10-13)7-5-6-12(3)19/h8-12H,5-7,19H2,1-4H3/t12-/m0/s1. The second-order valence-electron chi connectivity index (χ2n) is 5.83. The summed E-state index contributed by atoms with van der Waals surface area (Å²) in [5.41, 5.74) is 7.74. The van der Waals surface area contributed by atoms with Crippen LogP contribution in [0.2, 0.25) is 0 Å². The Bertz CT molecular complexity index is 406. The molecule has 3 heteroatoms. The lowest BCUT2D eigenvalue weighted by atomic mass is 9.92. The van der Waals surface area contributed by atoms with E-state index >= 15 is 0 Å². The molecular formula is C16H25F2N. The molecule has 0 radical (unpaired) electrons. The van der Waals surface area contributed by atoms with Gasteiger partial charge in [-0.3, -0.25) is 0 Å². The second-order valence-corrected chi connectivity index (χ2v) is 5.83. The van der Waals surface area contributed by atoms with Crippen molar-refractivity contribution in [3.8, 4) is 0 Å². The van der Waals surface area contributed by atoms with Gasteiger partial charge in [0.25, 0.3) is 5.92 Å². The highest BCUT2D eigenvalue weighted by Crippen LogP contribution is 2.32. The summed E-state index contributed by atoms with van der Waals surface area (Å²) in [6, 6.07) is 5.44. The number of nitrogens with two attached hydrogens (primary N) is 1. The Labute approximate surface area is 115 Å². The van der Waals surface area contributed by atoms with Crippen LogP contribution in [0, 0.1) is 0 Å². The molecule has 1 nitrogen and oxygen atoms in total. The van der Waals surface area contributed by atoms with Crippen LogP contribution in [0.25, 0.3) is 0 Å². The monoisotopic (exact) mass is 269 g/mol. The molecule has 0 spiro atoms. The van der Waals surface area contributed by atoms with Crippen LogP contribution in [0.5, 0.6) is 0 Å². The summed E-state index contributed by atoms with van der Waals surface area (Å²) >= 11 is 0. The summed E-state index contributed by atoms with van der Waals surface area (Å²) in [6.07, 6.45) is 2.38. The molecule has 0 aliphatic carbocycles. The third kappa shape index (κ3) is 4.90. The number of aryl methyl sites for hydroxylation is 1. The normalized spacial score (nSPS) is 13.9. The molecule has 0 aliphatic heterocycles. The van der Waals surface area contributed by atoms with Gasteiger partial charge in [-0.25, -0.2) is 8.78 Å². The number of hydrogen-bond donors (Lipinski definition) is 1. The maximum atomic E-state index is 13.6. The van der Waals surface area contributed by atoms with E-state index in [0.29, 0.717) is 12.3 Å². The van der Waals surface area contributed by atoms with Crippen LogP contribution in [-0.4, -0.2) is 6.04 Å².